The molecule has 265 valence electrons. The van der Waals surface area contributed by atoms with Crippen LogP contribution in [-0.2, 0) is 26.9 Å². The van der Waals surface area contributed by atoms with Gasteiger partial charge in [0.2, 0.25) is 0 Å². The third-order valence-corrected chi connectivity index (χ3v) is 15.5. The smallest absolute Gasteiger partial charge is 0.268 e. The summed E-state index contributed by atoms with van der Waals surface area (Å²) in [6, 6.07) is 0. The summed E-state index contributed by atoms with van der Waals surface area (Å²) in [4.78, 5) is 0. The fourth-order valence-corrected chi connectivity index (χ4v) is 13.6. The molecule has 12 nitrogen and oxygen atoms in total. The van der Waals surface area contributed by atoms with Gasteiger partial charge in [-0.2, -0.15) is 8.42 Å². The van der Waals surface area contributed by atoms with Gasteiger partial charge in [-0.1, -0.05) is 44.9 Å². The van der Waals surface area contributed by atoms with E-state index in [2.05, 4.69) is 42.5 Å². The van der Waals surface area contributed by atoms with E-state index < -0.39 is 15.4 Å². The zero-order valence-corrected chi connectivity index (χ0v) is 29.0. The SMILES string of the molecule is N.O=S(=O)(O)C1CCCC2C3NC4NC(NC5NC(NC6NC(NC(N3)C21)C1CCCCC61)C1CCCCC51)C1CCCCC41.[Co]. The van der Waals surface area contributed by atoms with Gasteiger partial charge in [0, 0.05) is 22.7 Å². The summed E-state index contributed by atoms with van der Waals surface area (Å²) >= 11 is 0. The molecule has 1 radical (unpaired) electrons. The summed E-state index contributed by atoms with van der Waals surface area (Å²) in [5.74, 6) is 3.50. The molecule has 4 aliphatic carbocycles. The molecule has 46 heavy (non-hydrogen) atoms. The van der Waals surface area contributed by atoms with Crippen molar-refractivity contribution in [2.45, 2.75) is 151 Å². The molecule has 9 fully saturated rings. The van der Waals surface area contributed by atoms with Crippen molar-refractivity contribution in [2.75, 3.05) is 0 Å². The van der Waals surface area contributed by atoms with Crippen molar-refractivity contribution in [1.29, 1.82) is 0 Å². The number of fused-ring (bicyclic) bond motifs is 20. The Bertz CT molecular complexity index is 1190. The standard InChI is InChI=1S/C32H56N8O3S.Co.H3N/c41-44(42,43)23-15-7-14-22-24(23)32-39-30-21-13-6-5-12-20(21)28(37-30)35-26-17-9-2-1-8-16(17)25(33-26)34-27-18-10-3-4-11-19(18)29(36-27)38-31(22)40-32;;/h16-40H,1-15H2,(H,41,42,43);;1H3. The number of nitrogens with one attached hydrogen (secondary N) is 8. The fourth-order valence-electron chi connectivity index (χ4n) is 12.3. The summed E-state index contributed by atoms with van der Waals surface area (Å²) in [5, 5.41) is 31.8. The molecule has 17 unspecified atom stereocenters. The van der Waals surface area contributed by atoms with Gasteiger partial charge in [0.25, 0.3) is 10.1 Å². The van der Waals surface area contributed by atoms with E-state index in [-0.39, 0.29) is 71.8 Å². The van der Waals surface area contributed by atoms with E-state index in [9.17, 15) is 13.0 Å². The van der Waals surface area contributed by atoms with Crippen LogP contribution in [0.15, 0.2) is 0 Å². The summed E-state index contributed by atoms with van der Waals surface area (Å²) in [6.07, 6.45) is 18.9. The van der Waals surface area contributed by atoms with Gasteiger partial charge in [-0.15, -0.1) is 0 Å². The maximum atomic E-state index is 12.8. The molecule has 4 saturated carbocycles. The Kier molecular flexibility index (Phi) is 10.2. The minimum atomic E-state index is -4.16. The number of hydrogen-bond acceptors (Lipinski definition) is 11. The van der Waals surface area contributed by atoms with E-state index in [1.807, 2.05) is 0 Å². The molecule has 9 rings (SSSR count). The third kappa shape index (κ3) is 5.96. The Morgan fingerprint density at radius 1 is 0.391 bits per heavy atom. The van der Waals surface area contributed by atoms with Gasteiger partial charge < -0.3 is 6.15 Å². The van der Waals surface area contributed by atoms with Crippen molar-refractivity contribution >= 4 is 10.1 Å². The predicted octanol–water partition coefficient (Wildman–Crippen LogP) is 1.63. The molecule has 0 aromatic carbocycles. The molecule has 14 heteroatoms. The molecule has 17 atom stereocenters. The molecule has 0 aromatic rings. The predicted molar refractivity (Wildman–Crippen MR) is 173 cm³/mol. The third-order valence-electron chi connectivity index (χ3n) is 14.2. The van der Waals surface area contributed by atoms with Crippen LogP contribution in [0, 0.1) is 47.3 Å². The van der Waals surface area contributed by atoms with Crippen LogP contribution < -0.4 is 48.7 Å². The number of hydrogen-bond donors (Lipinski definition) is 10. The molecule has 8 bridgehead atoms. The summed E-state index contributed by atoms with van der Waals surface area (Å²) < 4.78 is 36.1. The van der Waals surface area contributed by atoms with Crippen molar-refractivity contribution in [1.82, 2.24) is 48.7 Å². The van der Waals surface area contributed by atoms with E-state index in [1.54, 1.807) is 0 Å². The Balaban J connectivity index is 0.00000169. The zero-order chi connectivity index (χ0) is 29.6. The zero-order valence-electron chi connectivity index (χ0n) is 27.1. The molecule has 0 aromatic heterocycles. The van der Waals surface area contributed by atoms with Crippen LogP contribution in [0.4, 0.5) is 0 Å². The van der Waals surface area contributed by atoms with Crippen LogP contribution in [0.1, 0.15) is 96.3 Å². The van der Waals surface area contributed by atoms with E-state index in [0.717, 1.165) is 12.8 Å². The Morgan fingerprint density at radius 3 is 0.957 bits per heavy atom. The first-order valence-electron chi connectivity index (χ1n) is 18.5. The van der Waals surface area contributed by atoms with E-state index >= 15 is 0 Å². The monoisotopic (exact) mass is 708 g/mol. The van der Waals surface area contributed by atoms with Gasteiger partial charge in [-0.3, -0.25) is 47.1 Å². The first-order chi connectivity index (χ1) is 21.4. The largest absolute Gasteiger partial charge is 0.344 e. The van der Waals surface area contributed by atoms with Crippen molar-refractivity contribution < 1.29 is 29.7 Å². The van der Waals surface area contributed by atoms with Crippen molar-refractivity contribution in [3.63, 3.8) is 0 Å². The van der Waals surface area contributed by atoms with Gasteiger partial charge in [0.1, 0.15) is 0 Å². The summed E-state index contributed by atoms with van der Waals surface area (Å²) in [7, 11) is -4.16. The van der Waals surface area contributed by atoms with Crippen molar-refractivity contribution in [2.24, 2.45) is 47.3 Å². The van der Waals surface area contributed by atoms with Crippen molar-refractivity contribution in [3.8, 4) is 0 Å². The van der Waals surface area contributed by atoms with Gasteiger partial charge in [0.15, 0.2) is 0 Å². The van der Waals surface area contributed by atoms with Crippen LogP contribution in [0.2, 0.25) is 0 Å². The minimum Gasteiger partial charge on any atom is -0.344 e. The van der Waals surface area contributed by atoms with Gasteiger partial charge in [-0.25, -0.2) is 0 Å². The molecule has 9 aliphatic rings. The molecular weight excluding hydrogens is 649 g/mol. The Morgan fingerprint density at radius 2 is 0.652 bits per heavy atom. The van der Waals surface area contributed by atoms with Gasteiger partial charge in [-0.05, 0) is 92.8 Å². The Labute approximate surface area is 285 Å². The second-order valence-electron chi connectivity index (χ2n) is 16.2. The fraction of sp³-hybridized carbons (Fsp3) is 1.00. The molecule has 5 saturated heterocycles. The van der Waals surface area contributed by atoms with Crippen LogP contribution in [0.5, 0.6) is 0 Å². The molecule has 5 aliphatic heterocycles. The quantitative estimate of drug-likeness (QED) is 0.178. The van der Waals surface area contributed by atoms with Gasteiger partial charge in [0.05, 0.1) is 54.6 Å². The molecule has 12 N–H and O–H groups in total. The minimum absolute atomic E-state index is 0. The normalized spacial score (nSPS) is 53.1. The van der Waals surface area contributed by atoms with Crippen LogP contribution in [-0.4, -0.2) is 67.5 Å². The van der Waals surface area contributed by atoms with E-state index in [0.29, 0.717) is 54.3 Å². The first kappa shape index (κ1) is 34.5. The summed E-state index contributed by atoms with van der Waals surface area (Å²) in [6.45, 7) is 0. The molecular formula is C32H59CoN9O3S. The number of rotatable bonds is 1. The second-order valence-corrected chi connectivity index (χ2v) is 17.9. The molecule has 0 spiro atoms. The molecule has 5 heterocycles. The topological polar surface area (TPSA) is 186 Å². The second kappa shape index (κ2) is 13.6. The van der Waals surface area contributed by atoms with Crippen molar-refractivity contribution in [3.05, 3.63) is 0 Å². The maximum absolute atomic E-state index is 12.8. The molecule has 0 amide bonds. The van der Waals surface area contributed by atoms with Crippen LogP contribution in [0.25, 0.3) is 0 Å². The van der Waals surface area contributed by atoms with Gasteiger partial charge >= 0.3 is 0 Å². The van der Waals surface area contributed by atoms with Crippen LogP contribution >= 0.6 is 0 Å². The average molecular weight is 709 g/mol. The first-order valence-corrected chi connectivity index (χ1v) is 20.0. The summed E-state index contributed by atoms with van der Waals surface area (Å²) in [5.41, 5.74) is 0. The van der Waals surface area contributed by atoms with E-state index in [4.69, 9.17) is 0 Å². The van der Waals surface area contributed by atoms with E-state index in [1.165, 1.54) is 77.0 Å². The average Bonchev–Trinajstić information content (AvgIpc) is 3.76. The van der Waals surface area contributed by atoms with Crippen LogP contribution in [0.3, 0.4) is 0 Å². The maximum Gasteiger partial charge on any atom is 0.268 e. The Hall–Kier alpha value is 0.0565.